The fourth-order valence-electron chi connectivity index (χ4n) is 4.27. The van der Waals surface area contributed by atoms with Crippen LogP contribution in [0.1, 0.15) is 28.4 Å². The second kappa shape index (κ2) is 10.0. The van der Waals surface area contributed by atoms with Crippen LogP contribution in [0.2, 0.25) is 0 Å². The van der Waals surface area contributed by atoms with Gasteiger partial charge in [-0.3, -0.25) is 9.59 Å². The first-order valence-corrected chi connectivity index (χ1v) is 12.2. The minimum absolute atomic E-state index is 0.0326. The molecule has 1 aliphatic heterocycles. The normalized spacial score (nSPS) is 14.7. The van der Waals surface area contributed by atoms with Crippen LogP contribution in [0.5, 0.6) is 0 Å². The molecule has 0 aliphatic carbocycles. The van der Waals surface area contributed by atoms with E-state index in [4.69, 9.17) is 0 Å². The molecule has 1 aliphatic rings. The highest BCUT2D eigenvalue weighted by Crippen LogP contribution is 2.27. The van der Waals surface area contributed by atoms with E-state index < -0.39 is 6.04 Å². The topological polar surface area (TPSA) is 78.4 Å². The minimum atomic E-state index is -0.397. The van der Waals surface area contributed by atoms with Crippen LogP contribution < -0.4 is 10.2 Å². The maximum Gasteiger partial charge on any atom is 0.251 e. The standard InChI is InChI=1S/C26H25N5O2S/c32-23(30-12-14-31(15-13-30)24-21-11-16-34-26(21)28-18-27-24)17-22(19-7-3-1-4-8-19)29-25(33)20-9-5-2-6-10-20/h1-11,16,18,22H,12-15,17H2,(H,29,33). The van der Waals surface area contributed by atoms with E-state index in [2.05, 4.69) is 20.2 Å². The summed E-state index contributed by atoms with van der Waals surface area (Å²) < 4.78 is 0. The van der Waals surface area contributed by atoms with E-state index in [1.807, 2.05) is 64.9 Å². The number of piperazine rings is 1. The van der Waals surface area contributed by atoms with Gasteiger partial charge in [-0.1, -0.05) is 48.5 Å². The quantitative estimate of drug-likeness (QED) is 0.461. The summed E-state index contributed by atoms with van der Waals surface area (Å²) in [5.74, 6) is 0.775. The lowest BCUT2D eigenvalue weighted by Crippen LogP contribution is -2.49. The Kier molecular flexibility index (Phi) is 6.49. The van der Waals surface area contributed by atoms with Crippen LogP contribution in [0.3, 0.4) is 0 Å². The van der Waals surface area contributed by atoms with Gasteiger partial charge in [0.15, 0.2) is 0 Å². The number of carbonyl (C=O) groups excluding carboxylic acids is 2. The molecular weight excluding hydrogens is 446 g/mol. The second-order valence-electron chi connectivity index (χ2n) is 8.21. The van der Waals surface area contributed by atoms with E-state index in [0.717, 1.165) is 21.6 Å². The molecule has 8 heteroatoms. The minimum Gasteiger partial charge on any atom is -0.352 e. The number of nitrogens with zero attached hydrogens (tertiary/aromatic N) is 4. The summed E-state index contributed by atoms with van der Waals surface area (Å²) in [4.78, 5) is 40.0. The molecule has 3 heterocycles. The molecule has 0 bridgehead atoms. The van der Waals surface area contributed by atoms with Gasteiger partial charge in [-0.25, -0.2) is 9.97 Å². The average molecular weight is 472 g/mol. The van der Waals surface area contributed by atoms with Crippen LogP contribution in [0, 0.1) is 0 Å². The van der Waals surface area contributed by atoms with Gasteiger partial charge in [0.1, 0.15) is 17.0 Å². The van der Waals surface area contributed by atoms with Crippen molar-refractivity contribution in [2.24, 2.45) is 0 Å². The van der Waals surface area contributed by atoms with Gasteiger partial charge in [0, 0.05) is 31.7 Å². The van der Waals surface area contributed by atoms with Crippen molar-refractivity contribution in [3.63, 3.8) is 0 Å². The van der Waals surface area contributed by atoms with E-state index in [1.165, 1.54) is 0 Å². The summed E-state index contributed by atoms with van der Waals surface area (Å²) in [5.41, 5.74) is 1.49. The number of hydrogen-bond acceptors (Lipinski definition) is 6. The van der Waals surface area contributed by atoms with Crippen molar-refractivity contribution in [2.75, 3.05) is 31.1 Å². The number of fused-ring (bicyclic) bond motifs is 1. The third-order valence-corrected chi connectivity index (χ3v) is 6.92. The lowest BCUT2D eigenvalue weighted by Gasteiger charge is -2.36. The van der Waals surface area contributed by atoms with Crippen LogP contribution >= 0.6 is 11.3 Å². The molecule has 1 N–H and O–H groups in total. The number of hydrogen-bond donors (Lipinski definition) is 1. The van der Waals surface area contributed by atoms with Gasteiger partial charge in [-0.2, -0.15) is 0 Å². The Bertz CT molecular complexity index is 1270. The molecule has 0 saturated carbocycles. The van der Waals surface area contributed by atoms with Crippen molar-refractivity contribution in [2.45, 2.75) is 12.5 Å². The highest BCUT2D eigenvalue weighted by Gasteiger charge is 2.26. The summed E-state index contributed by atoms with van der Waals surface area (Å²) in [6.07, 6.45) is 1.82. The number of thiophene rings is 1. The SMILES string of the molecule is O=C(NC(CC(=O)N1CCN(c2ncnc3sccc23)CC1)c1ccccc1)c1ccccc1. The maximum absolute atomic E-state index is 13.2. The predicted molar refractivity (Wildman–Crippen MR) is 134 cm³/mol. The molecule has 0 radical (unpaired) electrons. The lowest BCUT2D eigenvalue weighted by molar-refractivity contribution is -0.132. The van der Waals surface area contributed by atoms with Crippen molar-refractivity contribution >= 4 is 39.2 Å². The fourth-order valence-corrected chi connectivity index (χ4v) is 5.00. The van der Waals surface area contributed by atoms with E-state index in [-0.39, 0.29) is 18.2 Å². The molecule has 1 saturated heterocycles. The molecule has 1 fully saturated rings. The predicted octanol–water partition coefficient (Wildman–Crippen LogP) is 3.90. The van der Waals surface area contributed by atoms with Gasteiger partial charge in [0.2, 0.25) is 5.91 Å². The summed E-state index contributed by atoms with van der Waals surface area (Å²) in [7, 11) is 0. The Hall–Kier alpha value is -3.78. The van der Waals surface area contributed by atoms with Crippen LogP contribution in [0.15, 0.2) is 78.4 Å². The van der Waals surface area contributed by atoms with Crippen LogP contribution in [-0.4, -0.2) is 52.9 Å². The average Bonchev–Trinajstić information content (AvgIpc) is 3.38. The summed E-state index contributed by atoms with van der Waals surface area (Å²) in [6, 6.07) is 20.4. The number of benzene rings is 2. The molecule has 2 aromatic carbocycles. The van der Waals surface area contributed by atoms with Gasteiger partial charge in [0.05, 0.1) is 17.8 Å². The summed E-state index contributed by atoms with van der Waals surface area (Å²) >= 11 is 1.60. The van der Waals surface area contributed by atoms with Crippen molar-refractivity contribution < 1.29 is 9.59 Å². The van der Waals surface area contributed by atoms with Gasteiger partial charge in [-0.15, -0.1) is 11.3 Å². The van der Waals surface area contributed by atoms with Crippen LogP contribution in [-0.2, 0) is 4.79 Å². The van der Waals surface area contributed by atoms with Gasteiger partial charge in [0.25, 0.3) is 5.91 Å². The highest BCUT2D eigenvalue weighted by molar-refractivity contribution is 7.16. The molecule has 4 aromatic rings. The molecular formula is C26H25N5O2S. The Morgan fingerprint density at radius 3 is 2.35 bits per heavy atom. The number of aromatic nitrogens is 2. The van der Waals surface area contributed by atoms with E-state index >= 15 is 0 Å². The monoisotopic (exact) mass is 471 g/mol. The first-order valence-electron chi connectivity index (χ1n) is 11.3. The molecule has 2 aromatic heterocycles. The van der Waals surface area contributed by atoms with Crippen molar-refractivity contribution in [3.05, 3.63) is 89.6 Å². The van der Waals surface area contributed by atoms with E-state index in [9.17, 15) is 9.59 Å². The molecule has 5 rings (SSSR count). The van der Waals surface area contributed by atoms with E-state index in [0.29, 0.717) is 31.7 Å². The smallest absolute Gasteiger partial charge is 0.251 e. The number of nitrogens with one attached hydrogen (secondary N) is 1. The second-order valence-corrected chi connectivity index (χ2v) is 9.11. The number of carbonyl (C=O) groups is 2. The number of anilines is 1. The van der Waals surface area contributed by atoms with Gasteiger partial charge < -0.3 is 15.1 Å². The zero-order valence-electron chi connectivity index (χ0n) is 18.6. The zero-order chi connectivity index (χ0) is 23.3. The zero-order valence-corrected chi connectivity index (χ0v) is 19.4. The Balaban J connectivity index is 1.25. The molecule has 1 unspecified atom stereocenters. The molecule has 0 spiro atoms. The number of rotatable bonds is 6. The van der Waals surface area contributed by atoms with E-state index in [1.54, 1.807) is 29.8 Å². The third kappa shape index (κ3) is 4.77. The largest absolute Gasteiger partial charge is 0.352 e. The maximum atomic E-state index is 13.2. The summed E-state index contributed by atoms with van der Waals surface area (Å²) in [5, 5.41) is 6.14. The highest BCUT2D eigenvalue weighted by atomic mass is 32.1. The number of amides is 2. The molecule has 1 atom stereocenters. The first-order chi connectivity index (χ1) is 16.7. The summed E-state index contributed by atoms with van der Waals surface area (Å²) in [6.45, 7) is 2.64. The first kappa shape index (κ1) is 22.0. The van der Waals surface area contributed by atoms with Crippen molar-refractivity contribution in [1.82, 2.24) is 20.2 Å². The van der Waals surface area contributed by atoms with Gasteiger partial charge in [-0.05, 0) is 29.1 Å². The Morgan fingerprint density at radius 1 is 0.912 bits per heavy atom. The van der Waals surface area contributed by atoms with Gasteiger partial charge >= 0.3 is 0 Å². The van der Waals surface area contributed by atoms with Crippen LogP contribution in [0.4, 0.5) is 5.82 Å². The molecule has 34 heavy (non-hydrogen) atoms. The molecule has 2 amide bonds. The third-order valence-electron chi connectivity index (χ3n) is 6.09. The van der Waals surface area contributed by atoms with Crippen molar-refractivity contribution in [1.29, 1.82) is 0 Å². The fraction of sp³-hybridized carbons (Fsp3) is 0.231. The van der Waals surface area contributed by atoms with Crippen LogP contribution in [0.25, 0.3) is 10.2 Å². The lowest BCUT2D eigenvalue weighted by atomic mass is 10.0. The Labute approximate surface area is 202 Å². The molecule has 7 nitrogen and oxygen atoms in total. The Morgan fingerprint density at radius 2 is 1.62 bits per heavy atom. The molecule has 172 valence electrons. The van der Waals surface area contributed by atoms with Crippen molar-refractivity contribution in [3.8, 4) is 0 Å².